The van der Waals surface area contributed by atoms with Crippen molar-refractivity contribution in [1.29, 1.82) is 0 Å². The van der Waals surface area contributed by atoms with E-state index in [0.717, 1.165) is 11.3 Å². The number of carbonyl (C=O) groups excluding carboxylic acids is 2. The SMILES string of the molecule is CCC[C@@H]1NC(=O)N(C[C@H](O)COc2ccc3c(c2)OCO3)C1=O. The number of amides is 3. The van der Waals surface area contributed by atoms with Crippen LogP contribution >= 0.6 is 0 Å². The Labute approximate surface area is 139 Å². The van der Waals surface area contributed by atoms with E-state index in [9.17, 15) is 14.7 Å². The molecular formula is C16H20N2O6. The lowest BCUT2D eigenvalue weighted by Crippen LogP contribution is -2.40. The molecule has 1 aromatic rings. The second kappa shape index (κ2) is 6.96. The number of nitrogens with zero attached hydrogens (tertiary/aromatic N) is 1. The first kappa shape index (κ1) is 16.4. The van der Waals surface area contributed by atoms with Crippen molar-refractivity contribution < 1.29 is 28.9 Å². The van der Waals surface area contributed by atoms with E-state index in [1.54, 1.807) is 18.2 Å². The van der Waals surface area contributed by atoms with Gasteiger partial charge < -0.3 is 24.6 Å². The Bertz CT molecular complexity index is 635. The lowest BCUT2D eigenvalue weighted by Gasteiger charge is -2.18. The van der Waals surface area contributed by atoms with Crippen LogP contribution < -0.4 is 19.5 Å². The van der Waals surface area contributed by atoms with Crippen LogP contribution in [0.4, 0.5) is 4.79 Å². The third kappa shape index (κ3) is 3.38. The van der Waals surface area contributed by atoms with Gasteiger partial charge in [0, 0.05) is 6.07 Å². The molecular weight excluding hydrogens is 316 g/mol. The first-order chi connectivity index (χ1) is 11.6. The number of β-amino-alcohol motifs (C(OH)–C–C–N with tert-alkyl or cyclic N) is 1. The predicted molar refractivity (Wildman–Crippen MR) is 83.0 cm³/mol. The zero-order valence-corrected chi connectivity index (χ0v) is 13.4. The average molecular weight is 336 g/mol. The van der Waals surface area contributed by atoms with Gasteiger partial charge in [-0.05, 0) is 18.6 Å². The lowest BCUT2D eigenvalue weighted by molar-refractivity contribution is -0.128. The van der Waals surface area contributed by atoms with Crippen LogP contribution in [0.3, 0.4) is 0 Å². The molecule has 1 saturated heterocycles. The quantitative estimate of drug-likeness (QED) is 0.717. The number of hydrogen-bond acceptors (Lipinski definition) is 6. The summed E-state index contributed by atoms with van der Waals surface area (Å²) in [6.45, 7) is 1.97. The van der Waals surface area contributed by atoms with E-state index in [4.69, 9.17) is 14.2 Å². The van der Waals surface area contributed by atoms with Gasteiger partial charge >= 0.3 is 6.03 Å². The van der Waals surface area contributed by atoms with Crippen molar-refractivity contribution in [3.05, 3.63) is 18.2 Å². The molecule has 2 atom stereocenters. The van der Waals surface area contributed by atoms with Gasteiger partial charge in [0.15, 0.2) is 11.5 Å². The van der Waals surface area contributed by atoms with Crippen LogP contribution in [0.2, 0.25) is 0 Å². The Morgan fingerprint density at radius 2 is 2.17 bits per heavy atom. The summed E-state index contributed by atoms with van der Waals surface area (Å²) in [6.07, 6.45) is 0.399. The molecule has 0 spiro atoms. The van der Waals surface area contributed by atoms with E-state index in [1.165, 1.54) is 0 Å². The highest BCUT2D eigenvalue weighted by Gasteiger charge is 2.38. The number of fused-ring (bicyclic) bond motifs is 1. The molecule has 3 amide bonds. The van der Waals surface area contributed by atoms with Crippen LogP contribution in [0, 0.1) is 0 Å². The fourth-order valence-electron chi connectivity index (χ4n) is 2.66. The first-order valence-corrected chi connectivity index (χ1v) is 7.91. The average Bonchev–Trinajstić information content (AvgIpc) is 3.13. The number of nitrogens with one attached hydrogen (secondary N) is 1. The number of imide groups is 1. The molecule has 2 aliphatic heterocycles. The van der Waals surface area contributed by atoms with Gasteiger partial charge in [0.2, 0.25) is 6.79 Å². The summed E-state index contributed by atoms with van der Waals surface area (Å²) in [4.78, 5) is 25.0. The van der Waals surface area contributed by atoms with Crippen molar-refractivity contribution in [1.82, 2.24) is 10.2 Å². The molecule has 130 valence electrons. The predicted octanol–water partition coefficient (Wildman–Crippen LogP) is 0.875. The van der Waals surface area contributed by atoms with E-state index in [2.05, 4.69) is 5.32 Å². The van der Waals surface area contributed by atoms with Gasteiger partial charge in [-0.2, -0.15) is 0 Å². The van der Waals surface area contributed by atoms with E-state index >= 15 is 0 Å². The molecule has 24 heavy (non-hydrogen) atoms. The highest BCUT2D eigenvalue weighted by Crippen LogP contribution is 2.35. The number of urea groups is 1. The minimum absolute atomic E-state index is 0.0465. The minimum atomic E-state index is -0.981. The number of rotatable bonds is 7. The Kier molecular flexibility index (Phi) is 4.75. The maximum Gasteiger partial charge on any atom is 0.324 e. The third-order valence-electron chi connectivity index (χ3n) is 3.86. The van der Waals surface area contributed by atoms with Gasteiger partial charge in [0.25, 0.3) is 5.91 Å². The molecule has 8 heteroatoms. The van der Waals surface area contributed by atoms with Gasteiger partial charge in [-0.3, -0.25) is 9.69 Å². The zero-order valence-electron chi connectivity index (χ0n) is 13.4. The molecule has 0 unspecified atom stereocenters. The van der Waals surface area contributed by atoms with Crippen molar-refractivity contribution in [3.63, 3.8) is 0 Å². The van der Waals surface area contributed by atoms with Crippen molar-refractivity contribution in [2.24, 2.45) is 0 Å². The van der Waals surface area contributed by atoms with Crippen LogP contribution in [0.1, 0.15) is 19.8 Å². The third-order valence-corrected chi connectivity index (χ3v) is 3.86. The fraction of sp³-hybridized carbons (Fsp3) is 0.500. The zero-order chi connectivity index (χ0) is 17.1. The van der Waals surface area contributed by atoms with E-state index in [-0.39, 0.29) is 25.9 Å². The van der Waals surface area contributed by atoms with Crippen molar-refractivity contribution >= 4 is 11.9 Å². The van der Waals surface area contributed by atoms with Gasteiger partial charge in [-0.15, -0.1) is 0 Å². The van der Waals surface area contributed by atoms with Crippen LogP contribution in [-0.2, 0) is 4.79 Å². The fourth-order valence-corrected chi connectivity index (χ4v) is 2.66. The van der Waals surface area contributed by atoms with Gasteiger partial charge in [0.05, 0.1) is 6.54 Å². The van der Waals surface area contributed by atoms with Crippen molar-refractivity contribution in [2.45, 2.75) is 31.9 Å². The minimum Gasteiger partial charge on any atom is -0.491 e. The Hall–Kier alpha value is -2.48. The molecule has 1 aromatic carbocycles. The summed E-state index contributed by atoms with van der Waals surface area (Å²) in [5.74, 6) is 1.44. The largest absolute Gasteiger partial charge is 0.491 e. The summed E-state index contributed by atoms with van der Waals surface area (Å²) < 4.78 is 15.9. The topological polar surface area (TPSA) is 97.3 Å². The van der Waals surface area contributed by atoms with Crippen LogP contribution in [0.5, 0.6) is 17.2 Å². The Morgan fingerprint density at radius 3 is 2.96 bits per heavy atom. The molecule has 0 aliphatic carbocycles. The number of benzene rings is 1. The van der Waals surface area contributed by atoms with E-state index in [0.29, 0.717) is 23.7 Å². The second-order valence-corrected chi connectivity index (χ2v) is 5.72. The standard InChI is InChI=1S/C16H20N2O6/c1-2-3-12-15(20)18(16(21)17-12)7-10(19)8-22-11-4-5-13-14(6-11)24-9-23-13/h4-6,10,12,19H,2-3,7-9H2,1H3,(H,17,21)/t10-,12-/m0/s1. The molecule has 2 heterocycles. The molecule has 3 rings (SSSR count). The van der Waals surface area contributed by atoms with Crippen LogP contribution in [0.15, 0.2) is 18.2 Å². The van der Waals surface area contributed by atoms with Gasteiger partial charge in [-0.25, -0.2) is 4.79 Å². The molecule has 0 radical (unpaired) electrons. The second-order valence-electron chi connectivity index (χ2n) is 5.72. The molecule has 8 nitrogen and oxygen atoms in total. The molecule has 0 bridgehead atoms. The number of aliphatic hydroxyl groups excluding tert-OH is 1. The van der Waals surface area contributed by atoms with Crippen molar-refractivity contribution in [3.8, 4) is 17.2 Å². The summed E-state index contributed by atoms with van der Waals surface area (Å²) in [7, 11) is 0. The number of ether oxygens (including phenoxy) is 3. The maximum absolute atomic E-state index is 12.1. The molecule has 2 N–H and O–H groups in total. The highest BCUT2D eigenvalue weighted by molar-refractivity contribution is 6.04. The summed E-state index contributed by atoms with van der Waals surface area (Å²) in [6, 6.07) is 4.12. The normalized spacial score (nSPS) is 20.2. The van der Waals surface area contributed by atoms with Gasteiger partial charge in [-0.1, -0.05) is 13.3 Å². The van der Waals surface area contributed by atoms with Gasteiger partial charge in [0.1, 0.15) is 24.5 Å². The number of hydrogen-bond donors (Lipinski definition) is 2. The molecule has 1 fully saturated rings. The van der Waals surface area contributed by atoms with Crippen LogP contribution in [-0.4, -0.2) is 54.0 Å². The molecule has 2 aliphatic rings. The maximum atomic E-state index is 12.1. The first-order valence-electron chi connectivity index (χ1n) is 7.91. The molecule has 0 aromatic heterocycles. The highest BCUT2D eigenvalue weighted by atomic mass is 16.7. The summed E-state index contributed by atoms with van der Waals surface area (Å²) in [5.41, 5.74) is 0. The summed E-state index contributed by atoms with van der Waals surface area (Å²) >= 11 is 0. The number of aliphatic hydroxyl groups is 1. The summed E-state index contributed by atoms with van der Waals surface area (Å²) in [5, 5.41) is 12.7. The smallest absolute Gasteiger partial charge is 0.324 e. The Balaban J connectivity index is 1.51. The number of carbonyl (C=O) groups is 2. The monoisotopic (exact) mass is 336 g/mol. The lowest BCUT2D eigenvalue weighted by atomic mass is 10.1. The Morgan fingerprint density at radius 1 is 1.38 bits per heavy atom. The van der Waals surface area contributed by atoms with E-state index in [1.807, 2.05) is 6.92 Å². The van der Waals surface area contributed by atoms with Crippen molar-refractivity contribution in [2.75, 3.05) is 19.9 Å². The van der Waals surface area contributed by atoms with E-state index < -0.39 is 18.2 Å². The van der Waals surface area contributed by atoms with Crippen LogP contribution in [0.25, 0.3) is 0 Å². The molecule has 0 saturated carbocycles.